The molecule has 0 spiro atoms. The summed E-state index contributed by atoms with van der Waals surface area (Å²) < 4.78 is 24.9. The van der Waals surface area contributed by atoms with E-state index in [4.69, 9.17) is 9.47 Å². The zero-order valence-corrected chi connectivity index (χ0v) is 12.3. The molecule has 0 amide bonds. The summed E-state index contributed by atoms with van der Waals surface area (Å²) >= 11 is 3.46. The van der Waals surface area contributed by atoms with E-state index < -0.39 is 0 Å². The molecule has 0 fully saturated rings. The van der Waals surface area contributed by atoms with Crippen LogP contribution in [0.15, 0.2) is 40.9 Å². The first kappa shape index (κ1) is 13.9. The molecule has 0 unspecified atom stereocenters. The van der Waals surface area contributed by atoms with Crippen LogP contribution in [-0.4, -0.2) is 7.11 Å². The van der Waals surface area contributed by atoms with Crippen LogP contribution in [0.2, 0.25) is 0 Å². The van der Waals surface area contributed by atoms with Gasteiger partial charge in [-0.1, -0.05) is 15.9 Å². The standard InChI is InChI=1S/C15H14BrFO2/c1-10-7-13(4-6-15(10)17)19-9-11-8-12(18-2)3-5-14(11)16/h3-8H,9H2,1-2H3. The zero-order chi connectivity index (χ0) is 13.8. The Labute approximate surface area is 120 Å². The van der Waals surface area contributed by atoms with Crippen LogP contribution in [0.5, 0.6) is 11.5 Å². The van der Waals surface area contributed by atoms with Gasteiger partial charge in [0.1, 0.15) is 23.9 Å². The van der Waals surface area contributed by atoms with Gasteiger partial charge in [0.05, 0.1) is 7.11 Å². The second kappa shape index (κ2) is 6.06. The molecule has 4 heteroatoms. The molecule has 0 saturated heterocycles. The molecule has 0 heterocycles. The molecule has 2 rings (SSSR count). The minimum absolute atomic E-state index is 0.227. The highest BCUT2D eigenvalue weighted by atomic mass is 79.9. The van der Waals surface area contributed by atoms with Gasteiger partial charge in [0.15, 0.2) is 0 Å². The minimum atomic E-state index is -0.227. The molecule has 0 aliphatic rings. The summed E-state index contributed by atoms with van der Waals surface area (Å²) in [5, 5.41) is 0. The van der Waals surface area contributed by atoms with Gasteiger partial charge in [0, 0.05) is 10.0 Å². The van der Waals surface area contributed by atoms with E-state index in [0.29, 0.717) is 17.9 Å². The van der Waals surface area contributed by atoms with Crippen LogP contribution in [0.1, 0.15) is 11.1 Å². The van der Waals surface area contributed by atoms with E-state index in [1.54, 1.807) is 26.2 Å². The first-order chi connectivity index (χ1) is 9.10. The fraction of sp³-hybridized carbons (Fsp3) is 0.200. The van der Waals surface area contributed by atoms with Gasteiger partial charge in [-0.05, 0) is 48.9 Å². The molecule has 0 bridgehead atoms. The zero-order valence-electron chi connectivity index (χ0n) is 10.7. The van der Waals surface area contributed by atoms with E-state index in [2.05, 4.69) is 15.9 Å². The first-order valence-corrected chi connectivity index (χ1v) is 6.61. The van der Waals surface area contributed by atoms with Crippen molar-refractivity contribution in [2.75, 3.05) is 7.11 Å². The minimum Gasteiger partial charge on any atom is -0.497 e. The highest BCUT2D eigenvalue weighted by molar-refractivity contribution is 9.10. The summed E-state index contributed by atoms with van der Waals surface area (Å²) in [6, 6.07) is 10.4. The van der Waals surface area contributed by atoms with E-state index in [1.165, 1.54) is 6.07 Å². The maximum Gasteiger partial charge on any atom is 0.126 e. The topological polar surface area (TPSA) is 18.5 Å². The van der Waals surface area contributed by atoms with Crippen molar-refractivity contribution < 1.29 is 13.9 Å². The predicted molar refractivity (Wildman–Crippen MR) is 76.2 cm³/mol. The van der Waals surface area contributed by atoms with Crippen LogP contribution >= 0.6 is 15.9 Å². The maximum absolute atomic E-state index is 13.1. The van der Waals surface area contributed by atoms with Gasteiger partial charge in [-0.2, -0.15) is 0 Å². The van der Waals surface area contributed by atoms with Crippen LogP contribution in [0.3, 0.4) is 0 Å². The number of benzene rings is 2. The van der Waals surface area contributed by atoms with Crippen molar-refractivity contribution in [1.82, 2.24) is 0 Å². The number of methoxy groups -OCH3 is 1. The van der Waals surface area contributed by atoms with Crippen molar-refractivity contribution in [3.63, 3.8) is 0 Å². The number of aryl methyl sites for hydroxylation is 1. The second-order valence-electron chi connectivity index (χ2n) is 4.16. The van der Waals surface area contributed by atoms with E-state index in [9.17, 15) is 4.39 Å². The molecule has 0 N–H and O–H groups in total. The average molecular weight is 325 g/mol. The average Bonchev–Trinajstić information content (AvgIpc) is 2.41. The highest BCUT2D eigenvalue weighted by Crippen LogP contribution is 2.24. The summed E-state index contributed by atoms with van der Waals surface area (Å²) in [6.07, 6.45) is 0. The third-order valence-corrected chi connectivity index (χ3v) is 3.55. The fourth-order valence-electron chi connectivity index (χ4n) is 1.66. The summed E-state index contributed by atoms with van der Waals surface area (Å²) in [7, 11) is 1.62. The van der Waals surface area contributed by atoms with Gasteiger partial charge in [-0.25, -0.2) is 4.39 Å². The lowest BCUT2D eigenvalue weighted by atomic mass is 10.2. The Kier molecular flexibility index (Phi) is 4.43. The molecule has 2 aromatic carbocycles. The Morgan fingerprint density at radius 3 is 2.53 bits per heavy atom. The Bertz CT molecular complexity index is 584. The molecule has 2 nitrogen and oxygen atoms in total. The van der Waals surface area contributed by atoms with Crippen molar-refractivity contribution in [1.29, 1.82) is 0 Å². The highest BCUT2D eigenvalue weighted by Gasteiger charge is 2.05. The lowest BCUT2D eigenvalue weighted by Gasteiger charge is -2.10. The molecule has 0 radical (unpaired) electrons. The smallest absolute Gasteiger partial charge is 0.126 e. The van der Waals surface area contributed by atoms with Crippen LogP contribution < -0.4 is 9.47 Å². The Balaban J connectivity index is 2.11. The van der Waals surface area contributed by atoms with E-state index in [-0.39, 0.29) is 5.82 Å². The van der Waals surface area contributed by atoms with Crippen molar-refractivity contribution in [2.24, 2.45) is 0 Å². The van der Waals surface area contributed by atoms with Crippen molar-refractivity contribution >= 4 is 15.9 Å². The molecule has 0 aliphatic carbocycles. The molecular weight excluding hydrogens is 311 g/mol. The largest absolute Gasteiger partial charge is 0.497 e. The number of hydrogen-bond acceptors (Lipinski definition) is 2. The van der Waals surface area contributed by atoms with Crippen molar-refractivity contribution in [2.45, 2.75) is 13.5 Å². The third-order valence-electron chi connectivity index (χ3n) is 2.78. The van der Waals surface area contributed by atoms with Gasteiger partial charge < -0.3 is 9.47 Å². The van der Waals surface area contributed by atoms with Crippen molar-refractivity contribution in [3.05, 3.63) is 57.8 Å². The fourth-order valence-corrected chi connectivity index (χ4v) is 2.02. The Morgan fingerprint density at radius 1 is 1.11 bits per heavy atom. The van der Waals surface area contributed by atoms with Gasteiger partial charge in [-0.3, -0.25) is 0 Å². The van der Waals surface area contributed by atoms with Gasteiger partial charge >= 0.3 is 0 Å². The number of halogens is 2. The maximum atomic E-state index is 13.1. The van der Waals surface area contributed by atoms with E-state index >= 15 is 0 Å². The molecule has 19 heavy (non-hydrogen) atoms. The molecule has 2 aromatic rings. The number of rotatable bonds is 4. The van der Waals surface area contributed by atoms with E-state index in [1.807, 2.05) is 18.2 Å². The number of hydrogen-bond donors (Lipinski definition) is 0. The van der Waals surface area contributed by atoms with Gasteiger partial charge in [-0.15, -0.1) is 0 Å². The lowest BCUT2D eigenvalue weighted by molar-refractivity contribution is 0.303. The van der Waals surface area contributed by atoms with Crippen LogP contribution in [0, 0.1) is 12.7 Å². The molecule has 0 aliphatic heterocycles. The summed E-state index contributed by atoms with van der Waals surface area (Å²) in [4.78, 5) is 0. The monoisotopic (exact) mass is 324 g/mol. The Morgan fingerprint density at radius 2 is 1.84 bits per heavy atom. The molecular formula is C15H14BrFO2. The SMILES string of the molecule is COc1ccc(Br)c(COc2ccc(F)c(C)c2)c1. The third kappa shape index (κ3) is 3.47. The van der Waals surface area contributed by atoms with Crippen LogP contribution in [0.4, 0.5) is 4.39 Å². The Hall–Kier alpha value is -1.55. The quantitative estimate of drug-likeness (QED) is 0.825. The second-order valence-corrected chi connectivity index (χ2v) is 5.01. The summed E-state index contributed by atoms with van der Waals surface area (Å²) in [5.74, 6) is 1.20. The van der Waals surface area contributed by atoms with Crippen LogP contribution in [-0.2, 0) is 6.61 Å². The first-order valence-electron chi connectivity index (χ1n) is 5.81. The summed E-state index contributed by atoms with van der Waals surface area (Å²) in [6.45, 7) is 2.10. The van der Waals surface area contributed by atoms with Crippen LogP contribution in [0.25, 0.3) is 0 Å². The number of ether oxygens (including phenoxy) is 2. The van der Waals surface area contributed by atoms with E-state index in [0.717, 1.165) is 15.8 Å². The molecule has 0 atom stereocenters. The normalized spacial score (nSPS) is 10.3. The van der Waals surface area contributed by atoms with Crippen molar-refractivity contribution in [3.8, 4) is 11.5 Å². The molecule has 0 saturated carbocycles. The lowest BCUT2D eigenvalue weighted by Crippen LogP contribution is -1.98. The van der Waals surface area contributed by atoms with Gasteiger partial charge in [0.25, 0.3) is 0 Å². The van der Waals surface area contributed by atoms with Gasteiger partial charge in [0.2, 0.25) is 0 Å². The predicted octanol–water partition coefficient (Wildman–Crippen LogP) is 4.48. The molecule has 100 valence electrons. The summed E-state index contributed by atoms with van der Waals surface area (Å²) in [5.41, 5.74) is 1.54. The molecule has 0 aromatic heterocycles.